The summed E-state index contributed by atoms with van der Waals surface area (Å²) in [5.74, 6) is 0.0536. The van der Waals surface area contributed by atoms with Crippen LogP contribution in [0.3, 0.4) is 0 Å². The smallest absolute Gasteiger partial charge is 0.329 e. The molecule has 8 nitrogen and oxygen atoms in total. The van der Waals surface area contributed by atoms with Gasteiger partial charge < -0.3 is 20.3 Å². The number of carbonyl (C=O) groups excluding carboxylic acids is 3. The van der Waals surface area contributed by atoms with Gasteiger partial charge in [0.15, 0.2) is 0 Å². The van der Waals surface area contributed by atoms with E-state index in [1.54, 1.807) is 26.2 Å². The summed E-state index contributed by atoms with van der Waals surface area (Å²) >= 11 is 5.99. The summed E-state index contributed by atoms with van der Waals surface area (Å²) in [5.41, 5.74) is 0.322. The molecule has 2 rings (SSSR count). The van der Waals surface area contributed by atoms with E-state index in [1.807, 2.05) is 0 Å². The summed E-state index contributed by atoms with van der Waals surface area (Å²) in [6.07, 6.45) is 1.88. The monoisotopic (exact) mass is 382 g/mol. The highest BCUT2D eigenvalue weighted by molar-refractivity contribution is 6.31. The fraction of sp³-hybridized carbons (Fsp3) is 0.471. The van der Waals surface area contributed by atoms with Crippen molar-refractivity contribution in [1.82, 2.24) is 15.5 Å². The Kier molecular flexibility index (Phi) is 6.68. The molecule has 9 heteroatoms. The zero-order valence-corrected chi connectivity index (χ0v) is 15.8. The van der Waals surface area contributed by atoms with Gasteiger partial charge in [-0.3, -0.25) is 4.79 Å². The molecule has 0 aliphatic carbocycles. The molecule has 1 aliphatic heterocycles. The molecular weight excluding hydrogens is 360 g/mol. The van der Waals surface area contributed by atoms with Gasteiger partial charge >= 0.3 is 12.1 Å². The number of benzene rings is 1. The summed E-state index contributed by atoms with van der Waals surface area (Å²) in [5, 5.41) is 5.84. The molecule has 0 radical (unpaired) electrons. The number of imide groups is 1. The van der Waals surface area contributed by atoms with Crippen LogP contribution in [0, 0.1) is 0 Å². The predicted octanol–water partition coefficient (Wildman–Crippen LogP) is 2.21. The van der Waals surface area contributed by atoms with Crippen molar-refractivity contribution in [2.24, 2.45) is 0 Å². The highest BCUT2D eigenvalue weighted by Gasteiger charge is 2.39. The normalized spacial score (nSPS) is 16.5. The summed E-state index contributed by atoms with van der Waals surface area (Å²) in [4.78, 5) is 38.8. The van der Waals surface area contributed by atoms with Gasteiger partial charge in [-0.25, -0.2) is 14.5 Å². The van der Waals surface area contributed by atoms with E-state index < -0.39 is 12.1 Å². The molecule has 1 saturated heterocycles. The minimum absolute atomic E-state index is 0.158. The molecule has 0 spiro atoms. The number of hydrogen-bond acceptors (Lipinski definition) is 4. The van der Waals surface area contributed by atoms with Gasteiger partial charge in [-0.2, -0.15) is 0 Å². The number of urea groups is 2. The van der Waals surface area contributed by atoms with Gasteiger partial charge in [-0.1, -0.05) is 11.6 Å². The minimum Gasteiger partial charge on any atom is -0.495 e. The maximum Gasteiger partial charge on any atom is 0.329 e. The Balaban J connectivity index is 1.93. The van der Waals surface area contributed by atoms with Crippen LogP contribution in [0.15, 0.2) is 18.2 Å². The highest BCUT2D eigenvalue weighted by Crippen LogP contribution is 2.33. The molecule has 1 aromatic carbocycles. The lowest BCUT2D eigenvalue weighted by Gasteiger charge is -2.17. The van der Waals surface area contributed by atoms with E-state index in [2.05, 4.69) is 10.6 Å². The van der Waals surface area contributed by atoms with E-state index >= 15 is 0 Å². The second kappa shape index (κ2) is 8.75. The van der Waals surface area contributed by atoms with E-state index in [-0.39, 0.29) is 11.9 Å². The number of nitrogens with one attached hydrogen (secondary N) is 2. The van der Waals surface area contributed by atoms with Crippen LogP contribution in [0.25, 0.3) is 0 Å². The molecule has 1 atom stereocenters. The molecule has 1 fully saturated rings. The molecule has 0 saturated carbocycles. The summed E-state index contributed by atoms with van der Waals surface area (Å²) in [7, 11) is 4.80. The SMILES string of the molecule is COc1ccc(Cl)cc1N1C(=O)N[C@@H](CCCCNC(=O)N(C)C)C1=O. The van der Waals surface area contributed by atoms with Crippen LogP contribution < -0.4 is 20.3 Å². The number of halogens is 1. The number of unbranched alkanes of at least 4 members (excludes halogenated alkanes) is 1. The zero-order valence-electron chi connectivity index (χ0n) is 15.0. The van der Waals surface area contributed by atoms with E-state index in [4.69, 9.17) is 16.3 Å². The molecule has 142 valence electrons. The Labute approximate surface area is 157 Å². The molecule has 0 unspecified atom stereocenters. The van der Waals surface area contributed by atoms with Crippen LogP contribution in [0.5, 0.6) is 5.75 Å². The van der Waals surface area contributed by atoms with Crippen molar-refractivity contribution in [3.63, 3.8) is 0 Å². The first-order valence-electron chi connectivity index (χ1n) is 8.28. The fourth-order valence-electron chi connectivity index (χ4n) is 2.62. The average molecular weight is 383 g/mol. The summed E-state index contributed by atoms with van der Waals surface area (Å²) < 4.78 is 5.22. The Morgan fingerprint density at radius 2 is 2.08 bits per heavy atom. The van der Waals surface area contributed by atoms with Crippen LogP contribution in [0.1, 0.15) is 19.3 Å². The molecule has 1 aromatic rings. The van der Waals surface area contributed by atoms with Crippen molar-refractivity contribution in [3.05, 3.63) is 23.2 Å². The molecule has 1 heterocycles. The highest BCUT2D eigenvalue weighted by atomic mass is 35.5. The fourth-order valence-corrected chi connectivity index (χ4v) is 2.79. The molecular formula is C17H23ClN4O4. The van der Waals surface area contributed by atoms with Crippen LogP contribution >= 0.6 is 11.6 Å². The van der Waals surface area contributed by atoms with E-state index in [0.717, 1.165) is 4.90 Å². The first-order valence-corrected chi connectivity index (χ1v) is 8.66. The van der Waals surface area contributed by atoms with Gasteiger partial charge in [-0.15, -0.1) is 0 Å². The number of rotatable bonds is 7. The number of ether oxygens (including phenoxy) is 1. The van der Waals surface area contributed by atoms with E-state index in [0.29, 0.717) is 42.3 Å². The first kappa shape index (κ1) is 19.8. The lowest BCUT2D eigenvalue weighted by atomic mass is 10.1. The second-order valence-electron chi connectivity index (χ2n) is 6.11. The molecule has 1 aliphatic rings. The lowest BCUT2D eigenvalue weighted by Crippen LogP contribution is -2.35. The largest absolute Gasteiger partial charge is 0.495 e. The van der Waals surface area contributed by atoms with Crippen molar-refractivity contribution >= 4 is 35.3 Å². The van der Waals surface area contributed by atoms with Gasteiger partial charge in [0.1, 0.15) is 11.8 Å². The van der Waals surface area contributed by atoms with Gasteiger partial charge in [0.05, 0.1) is 12.8 Å². The van der Waals surface area contributed by atoms with Crippen molar-refractivity contribution in [2.45, 2.75) is 25.3 Å². The van der Waals surface area contributed by atoms with Crippen LogP contribution in [-0.4, -0.2) is 56.7 Å². The number of hydrogen-bond donors (Lipinski definition) is 2. The molecule has 0 aromatic heterocycles. The number of nitrogens with zero attached hydrogens (tertiary/aromatic N) is 2. The first-order chi connectivity index (χ1) is 12.3. The van der Waals surface area contributed by atoms with Crippen LogP contribution in [0.2, 0.25) is 5.02 Å². The van der Waals surface area contributed by atoms with Crippen molar-refractivity contribution in [3.8, 4) is 5.75 Å². The Morgan fingerprint density at radius 1 is 1.35 bits per heavy atom. The Morgan fingerprint density at radius 3 is 2.73 bits per heavy atom. The number of carbonyl (C=O) groups is 3. The topological polar surface area (TPSA) is 91.0 Å². The van der Waals surface area contributed by atoms with E-state index in [9.17, 15) is 14.4 Å². The lowest BCUT2D eigenvalue weighted by molar-refractivity contribution is -0.118. The third kappa shape index (κ3) is 4.57. The molecule has 0 bridgehead atoms. The maximum atomic E-state index is 12.6. The van der Waals surface area contributed by atoms with E-state index in [1.165, 1.54) is 18.1 Å². The third-order valence-corrected chi connectivity index (χ3v) is 4.24. The Hall–Kier alpha value is -2.48. The van der Waals surface area contributed by atoms with Gasteiger partial charge in [0.25, 0.3) is 5.91 Å². The van der Waals surface area contributed by atoms with Gasteiger partial charge in [-0.05, 0) is 37.5 Å². The van der Waals surface area contributed by atoms with Gasteiger partial charge in [0.2, 0.25) is 0 Å². The van der Waals surface area contributed by atoms with Crippen LogP contribution in [-0.2, 0) is 4.79 Å². The summed E-state index contributed by atoms with van der Waals surface area (Å²) in [6, 6.07) is 3.50. The number of methoxy groups -OCH3 is 1. The summed E-state index contributed by atoms with van der Waals surface area (Å²) in [6.45, 7) is 0.512. The van der Waals surface area contributed by atoms with Crippen molar-refractivity contribution < 1.29 is 19.1 Å². The second-order valence-corrected chi connectivity index (χ2v) is 6.55. The van der Waals surface area contributed by atoms with Crippen LogP contribution in [0.4, 0.5) is 15.3 Å². The maximum absolute atomic E-state index is 12.6. The van der Waals surface area contributed by atoms with Crippen molar-refractivity contribution in [2.75, 3.05) is 32.6 Å². The molecule has 26 heavy (non-hydrogen) atoms. The minimum atomic E-state index is -0.601. The zero-order chi connectivity index (χ0) is 19.3. The molecule has 5 amide bonds. The standard InChI is InChI=1S/C17H23ClN4O4/c1-21(2)16(24)19-9-5-4-6-12-15(23)22(17(25)20-12)13-10-11(18)7-8-14(13)26-3/h7-8,10,12H,4-6,9H2,1-3H3,(H,19,24)(H,20,25)/t12-/m0/s1. The van der Waals surface area contributed by atoms with Crippen molar-refractivity contribution in [1.29, 1.82) is 0 Å². The number of amides is 5. The third-order valence-electron chi connectivity index (χ3n) is 4.00. The average Bonchev–Trinajstić information content (AvgIpc) is 2.87. The molecule has 2 N–H and O–H groups in total. The predicted molar refractivity (Wildman–Crippen MR) is 98.7 cm³/mol. The number of anilines is 1. The quantitative estimate of drug-likeness (QED) is 0.558. The Bertz CT molecular complexity index is 695. The van der Waals surface area contributed by atoms with Gasteiger partial charge in [0, 0.05) is 25.7 Å².